The number of nitrogens with one attached hydrogen (secondary N) is 2. The Hall–Kier alpha value is -3.28. The summed E-state index contributed by atoms with van der Waals surface area (Å²) in [6, 6.07) is 8.96. The van der Waals surface area contributed by atoms with E-state index >= 15 is 0 Å². The minimum atomic E-state index is -2.92. The molecule has 5 rings (SSSR count). The molecule has 0 unspecified atom stereocenters. The van der Waals surface area contributed by atoms with Crippen LogP contribution in [0.3, 0.4) is 0 Å². The van der Waals surface area contributed by atoms with Crippen molar-refractivity contribution in [3.05, 3.63) is 47.8 Å². The Bertz CT molecular complexity index is 1280. The lowest BCUT2D eigenvalue weighted by Gasteiger charge is -2.38. The number of amides is 1. The summed E-state index contributed by atoms with van der Waals surface area (Å²) >= 11 is 0. The molecule has 0 radical (unpaired) electrons. The highest BCUT2D eigenvalue weighted by molar-refractivity contribution is 6.06. The lowest BCUT2D eigenvalue weighted by molar-refractivity contribution is -0.0409. The van der Waals surface area contributed by atoms with Crippen LogP contribution in [-0.2, 0) is 11.3 Å². The predicted molar refractivity (Wildman–Crippen MR) is 136 cm³/mol. The number of hydrogen-bond acceptors (Lipinski definition) is 8. The van der Waals surface area contributed by atoms with Crippen molar-refractivity contribution in [1.29, 1.82) is 0 Å². The number of alkyl halides is 2. The van der Waals surface area contributed by atoms with E-state index in [-0.39, 0.29) is 41.9 Å². The second kappa shape index (κ2) is 10.2. The fourth-order valence-corrected chi connectivity index (χ4v) is 4.97. The molecule has 0 saturated carbocycles. The lowest BCUT2D eigenvalue weighted by atomic mass is 10.0. The Morgan fingerprint density at radius 3 is 2.59 bits per heavy atom. The predicted octanol–water partition coefficient (Wildman–Crippen LogP) is 2.81. The van der Waals surface area contributed by atoms with Crippen molar-refractivity contribution in [3.63, 3.8) is 0 Å². The van der Waals surface area contributed by atoms with Crippen LogP contribution in [0.5, 0.6) is 0 Å². The average molecular weight is 512 g/mol. The first kappa shape index (κ1) is 25.4. The number of halogens is 2. The molecule has 2 aliphatic heterocycles. The number of piperidine rings is 1. The maximum Gasteiger partial charge on any atom is 0.270 e. The molecule has 0 spiro atoms. The molecule has 0 aliphatic carbocycles. The number of fused-ring (bicyclic) bond motifs is 1. The van der Waals surface area contributed by atoms with E-state index in [1.807, 2.05) is 24.3 Å². The van der Waals surface area contributed by atoms with E-state index in [1.165, 1.54) is 6.33 Å². The SMILES string of the molecule is C[C@@H]1COC[C@H](C)N1Cc1ccc(-c2cc(C(N)=O)c3ncnc(N[C@@H]4CNCCC4(F)F)c3n2)cc1. The van der Waals surface area contributed by atoms with Gasteiger partial charge >= 0.3 is 0 Å². The van der Waals surface area contributed by atoms with E-state index in [0.29, 0.717) is 31.0 Å². The Labute approximate surface area is 213 Å². The number of morpholine rings is 1. The molecule has 196 valence electrons. The summed E-state index contributed by atoms with van der Waals surface area (Å²) in [4.78, 5) is 27.8. The summed E-state index contributed by atoms with van der Waals surface area (Å²) in [7, 11) is 0. The summed E-state index contributed by atoms with van der Waals surface area (Å²) in [6.07, 6.45) is 0.933. The van der Waals surface area contributed by atoms with Gasteiger partial charge in [-0.3, -0.25) is 9.69 Å². The van der Waals surface area contributed by atoms with Gasteiger partial charge in [-0.05, 0) is 25.5 Å². The second-order valence-electron chi connectivity index (χ2n) is 9.86. The van der Waals surface area contributed by atoms with Crippen molar-refractivity contribution in [1.82, 2.24) is 25.2 Å². The lowest BCUT2D eigenvalue weighted by Crippen LogP contribution is -2.52. The molecule has 2 fully saturated rings. The summed E-state index contributed by atoms with van der Waals surface area (Å²) in [6.45, 7) is 6.82. The zero-order valence-electron chi connectivity index (χ0n) is 20.9. The fourth-order valence-electron chi connectivity index (χ4n) is 4.97. The number of rotatable bonds is 6. The van der Waals surface area contributed by atoms with Crippen molar-refractivity contribution in [2.45, 2.75) is 50.9 Å². The normalized spacial score (nSPS) is 24.2. The molecular formula is C26H31F2N7O2. The third kappa shape index (κ3) is 5.25. The van der Waals surface area contributed by atoms with Gasteiger partial charge < -0.3 is 21.1 Å². The summed E-state index contributed by atoms with van der Waals surface area (Å²) in [5, 5.41) is 5.80. The van der Waals surface area contributed by atoms with Gasteiger partial charge in [-0.2, -0.15) is 0 Å². The highest BCUT2D eigenvalue weighted by atomic mass is 19.3. The average Bonchev–Trinajstić information content (AvgIpc) is 2.87. The molecule has 4 heterocycles. The van der Waals surface area contributed by atoms with E-state index in [2.05, 4.69) is 44.3 Å². The van der Waals surface area contributed by atoms with Gasteiger partial charge in [0.15, 0.2) is 5.82 Å². The zero-order valence-corrected chi connectivity index (χ0v) is 20.9. The van der Waals surface area contributed by atoms with Gasteiger partial charge in [0.25, 0.3) is 11.8 Å². The first-order valence-electron chi connectivity index (χ1n) is 12.5. The van der Waals surface area contributed by atoms with Gasteiger partial charge in [0, 0.05) is 43.7 Å². The van der Waals surface area contributed by atoms with Gasteiger partial charge in [-0.15, -0.1) is 0 Å². The van der Waals surface area contributed by atoms with Crippen LogP contribution in [0.4, 0.5) is 14.6 Å². The number of carbonyl (C=O) groups is 1. The first-order chi connectivity index (χ1) is 17.7. The summed E-state index contributed by atoms with van der Waals surface area (Å²) in [5.41, 5.74) is 8.63. The minimum Gasteiger partial charge on any atom is -0.378 e. The highest BCUT2D eigenvalue weighted by Gasteiger charge is 2.42. The molecular weight excluding hydrogens is 480 g/mol. The van der Waals surface area contributed by atoms with Crippen LogP contribution in [0, 0.1) is 0 Å². The van der Waals surface area contributed by atoms with Crippen LogP contribution >= 0.6 is 0 Å². The number of benzene rings is 1. The Morgan fingerprint density at radius 1 is 1.19 bits per heavy atom. The number of pyridine rings is 1. The Balaban J connectivity index is 1.48. The van der Waals surface area contributed by atoms with E-state index in [9.17, 15) is 13.6 Å². The number of aromatic nitrogens is 3. The Morgan fingerprint density at radius 2 is 1.92 bits per heavy atom. The maximum atomic E-state index is 14.5. The maximum absolute atomic E-state index is 14.5. The molecule has 3 aromatic rings. The third-order valence-corrected chi connectivity index (χ3v) is 7.13. The third-order valence-electron chi connectivity index (χ3n) is 7.13. The van der Waals surface area contributed by atoms with Crippen LogP contribution in [0.15, 0.2) is 36.7 Å². The van der Waals surface area contributed by atoms with E-state index in [4.69, 9.17) is 10.5 Å². The molecule has 9 nitrogen and oxygen atoms in total. The van der Waals surface area contributed by atoms with Crippen LogP contribution in [-0.4, -0.2) is 76.1 Å². The number of hydrogen-bond donors (Lipinski definition) is 3. The molecule has 3 atom stereocenters. The standard InChI is InChI=1S/C26H31F2N7O2/c1-15-12-37-13-16(2)35(15)11-17-3-5-18(6-4-17)20-9-19(24(29)36)22-23(33-20)25(32-14-31-22)34-21-10-30-8-7-26(21,27)28/h3-6,9,14-16,21,30H,7-8,10-13H2,1-2H3,(H2,29,36)(H,31,32,34)/t15-,16+,21-/m1/s1. The van der Waals surface area contributed by atoms with E-state index in [1.54, 1.807) is 6.07 Å². The van der Waals surface area contributed by atoms with E-state index < -0.39 is 17.9 Å². The molecule has 37 heavy (non-hydrogen) atoms. The summed E-state index contributed by atoms with van der Waals surface area (Å²) < 4.78 is 34.6. The van der Waals surface area contributed by atoms with Crippen molar-refractivity contribution in [2.75, 3.05) is 31.6 Å². The minimum absolute atomic E-state index is 0.0721. The largest absolute Gasteiger partial charge is 0.378 e. The summed E-state index contributed by atoms with van der Waals surface area (Å²) in [5.74, 6) is -3.47. The van der Waals surface area contributed by atoms with Gasteiger partial charge in [-0.1, -0.05) is 24.3 Å². The molecule has 4 N–H and O–H groups in total. The fraction of sp³-hybridized carbons (Fsp3) is 0.462. The monoisotopic (exact) mass is 511 g/mol. The van der Waals surface area contributed by atoms with Crippen molar-refractivity contribution in [3.8, 4) is 11.3 Å². The molecule has 2 aromatic heterocycles. The van der Waals surface area contributed by atoms with Crippen molar-refractivity contribution in [2.24, 2.45) is 5.73 Å². The zero-order chi connectivity index (χ0) is 26.2. The number of ether oxygens (including phenoxy) is 1. The van der Waals surface area contributed by atoms with Crippen LogP contribution < -0.4 is 16.4 Å². The second-order valence-corrected chi connectivity index (χ2v) is 9.86. The number of primary amides is 1. The highest BCUT2D eigenvalue weighted by Crippen LogP contribution is 2.31. The molecule has 11 heteroatoms. The van der Waals surface area contributed by atoms with Gasteiger partial charge in [0.2, 0.25) is 0 Å². The Kier molecular flexibility index (Phi) is 7.02. The number of nitrogens with two attached hydrogens (primary N) is 1. The van der Waals surface area contributed by atoms with Crippen LogP contribution in [0.2, 0.25) is 0 Å². The molecule has 1 amide bonds. The quantitative estimate of drug-likeness (QED) is 0.463. The smallest absolute Gasteiger partial charge is 0.270 e. The topological polar surface area (TPSA) is 118 Å². The molecule has 2 aliphatic rings. The van der Waals surface area contributed by atoms with Gasteiger partial charge in [0.05, 0.1) is 24.5 Å². The van der Waals surface area contributed by atoms with Crippen molar-refractivity contribution < 1.29 is 18.3 Å². The first-order valence-corrected chi connectivity index (χ1v) is 12.5. The molecule has 2 saturated heterocycles. The number of nitrogens with zero attached hydrogens (tertiary/aromatic N) is 4. The number of anilines is 1. The van der Waals surface area contributed by atoms with Gasteiger partial charge in [0.1, 0.15) is 23.4 Å². The van der Waals surface area contributed by atoms with E-state index in [0.717, 1.165) is 17.7 Å². The molecule has 0 bridgehead atoms. The van der Waals surface area contributed by atoms with Gasteiger partial charge in [-0.25, -0.2) is 23.7 Å². The molecule has 1 aromatic carbocycles. The van der Waals surface area contributed by atoms with Crippen LogP contribution in [0.25, 0.3) is 22.3 Å². The van der Waals surface area contributed by atoms with Crippen LogP contribution in [0.1, 0.15) is 36.2 Å². The van der Waals surface area contributed by atoms with Crippen molar-refractivity contribution >= 4 is 22.8 Å². The number of carbonyl (C=O) groups excluding carboxylic acids is 1.